The van der Waals surface area contributed by atoms with E-state index in [0.717, 1.165) is 24.1 Å². The summed E-state index contributed by atoms with van der Waals surface area (Å²) in [7, 11) is 1.70. The first-order valence-electron chi connectivity index (χ1n) is 9.62. The van der Waals surface area contributed by atoms with Gasteiger partial charge in [-0.3, -0.25) is 14.5 Å². The van der Waals surface area contributed by atoms with Gasteiger partial charge in [0.15, 0.2) is 6.61 Å². The first-order valence-corrected chi connectivity index (χ1v) is 9.99. The van der Waals surface area contributed by atoms with Gasteiger partial charge in [0.2, 0.25) is 5.91 Å². The minimum Gasteiger partial charge on any atom is -0.484 e. The number of likely N-dealkylation sites (N-methyl/N-ethyl adjacent to an activating group) is 1. The molecule has 1 aliphatic carbocycles. The number of piperazine rings is 1. The lowest BCUT2D eigenvalue weighted by Gasteiger charge is -2.35. The number of carbonyl (C=O) groups is 2. The van der Waals surface area contributed by atoms with Gasteiger partial charge < -0.3 is 20.1 Å². The number of benzene rings is 1. The highest BCUT2D eigenvalue weighted by atomic mass is 35.5. The second-order valence-electron chi connectivity index (χ2n) is 7.69. The quantitative estimate of drug-likeness (QED) is 0.761. The third kappa shape index (κ3) is 4.42. The molecule has 2 N–H and O–H groups in total. The van der Waals surface area contributed by atoms with Crippen LogP contribution in [0.15, 0.2) is 12.1 Å². The zero-order chi connectivity index (χ0) is 20.4. The fraction of sp³-hybridized carbons (Fsp3) is 0.600. The van der Waals surface area contributed by atoms with E-state index in [0.29, 0.717) is 30.3 Å². The minimum absolute atomic E-state index is 0.0201. The molecule has 1 aromatic rings. The molecule has 0 radical (unpaired) electrons. The summed E-state index contributed by atoms with van der Waals surface area (Å²) in [6.07, 6.45) is 0.776. The maximum atomic E-state index is 12.6. The third-order valence-electron chi connectivity index (χ3n) is 5.75. The summed E-state index contributed by atoms with van der Waals surface area (Å²) in [4.78, 5) is 27.8. The lowest BCUT2D eigenvalue weighted by atomic mass is 10.1. The van der Waals surface area contributed by atoms with E-state index in [9.17, 15) is 14.7 Å². The lowest BCUT2D eigenvalue weighted by Crippen LogP contribution is -2.56. The van der Waals surface area contributed by atoms with Gasteiger partial charge in [-0.1, -0.05) is 11.6 Å². The van der Waals surface area contributed by atoms with E-state index in [2.05, 4.69) is 5.32 Å². The number of hydrogen-bond donors (Lipinski definition) is 2. The molecule has 0 unspecified atom stereocenters. The van der Waals surface area contributed by atoms with Gasteiger partial charge in [0.25, 0.3) is 5.91 Å². The van der Waals surface area contributed by atoms with Crippen LogP contribution < -0.4 is 10.1 Å². The molecule has 28 heavy (non-hydrogen) atoms. The summed E-state index contributed by atoms with van der Waals surface area (Å²) in [5, 5.41) is 14.3. The molecule has 3 rings (SSSR count). The molecule has 2 fully saturated rings. The van der Waals surface area contributed by atoms with Crippen molar-refractivity contribution in [2.75, 3.05) is 33.3 Å². The van der Waals surface area contributed by atoms with E-state index >= 15 is 0 Å². The van der Waals surface area contributed by atoms with Crippen LogP contribution in [0.4, 0.5) is 0 Å². The Bertz CT molecular complexity index is 734. The van der Waals surface area contributed by atoms with Crippen molar-refractivity contribution in [1.82, 2.24) is 15.1 Å². The molecule has 2 aliphatic rings. The van der Waals surface area contributed by atoms with Crippen molar-refractivity contribution in [2.24, 2.45) is 0 Å². The number of nitrogens with one attached hydrogen (secondary N) is 1. The van der Waals surface area contributed by atoms with Crippen molar-refractivity contribution >= 4 is 23.4 Å². The van der Waals surface area contributed by atoms with E-state index in [1.165, 1.54) is 0 Å². The zero-order valence-electron chi connectivity index (χ0n) is 16.6. The summed E-state index contributed by atoms with van der Waals surface area (Å²) in [6, 6.07) is 3.24. The van der Waals surface area contributed by atoms with Crippen molar-refractivity contribution in [2.45, 2.75) is 44.9 Å². The van der Waals surface area contributed by atoms with E-state index in [1.807, 2.05) is 30.9 Å². The smallest absolute Gasteiger partial charge is 0.260 e. The van der Waals surface area contributed by atoms with Crippen molar-refractivity contribution in [3.8, 4) is 5.75 Å². The van der Waals surface area contributed by atoms with Gasteiger partial charge in [-0.25, -0.2) is 0 Å². The van der Waals surface area contributed by atoms with Gasteiger partial charge in [0, 0.05) is 31.2 Å². The minimum atomic E-state index is -0.681. The molecule has 1 saturated carbocycles. The SMILES string of the molecule is Cc1cc(OCC(=O)N(C)[C@@H]2CC[C@@H](N3CCNC(=O)C3)[C@@H]2O)cc(C)c1Cl. The molecule has 154 valence electrons. The van der Waals surface area contributed by atoms with Gasteiger partial charge in [-0.05, 0) is 49.9 Å². The highest BCUT2D eigenvalue weighted by Gasteiger charge is 2.42. The third-order valence-corrected chi connectivity index (χ3v) is 6.34. The van der Waals surface area contributed by atoms with Gasteiger partial charge in [0.1, 0.15) is 5.75 Å². The highest BCUT2D eigenvalue weighted by Crippen LogP contribution is 2.29. The van der Waals surface area contributed by atoms with Crippen LogP contribution in [0.1, 0.15) is 24.0 Å². The first-order chi connectivity index (χ1) is 13.3. The van der Waals surface area contributed by atoms with Crippen LogP contribution in [0.2, 0.25) is 5.02 Å². The molecule has 7 nitrogen and oxygen atoms in total. The van der Waals surface area contributed by atoms with Crippen LogP contribution in [0.25, 0.3) is 0 Å². The number of amides is 2. The molecule has 1 aromatic carbocycles. The fourth-order valence-corrected chi connectivity index (χ4v) is 4.23. The number of aliphatic hydroxyl groups is 1. The maximum absolute atomic E-state index is 12.6. The molecule has 1 aliphatic heterocycles. The van der Waals surface area contributed by atoms with E-state index in [1.54, 1.807) is 11.9 Å². The van der Waals surface area contributed by atoms with Crippen molar-refractivity contribution in [3.63, 3.8) is 0 Å². The molecule has 8 heteroatoms. The number of rotatable bonds is 5. The number of hydrogen-bond acceptors (Lipinski definition) is 5. The number of halogens is 1. The summed E-state index contributed by atoms with van der Waals surface area (Å²) >= 11 is 6.16. The summed E-state index contributed by atoms with van der Waals surface area (Å²) in [6.45, 7) is 5.30. The second kappa shape index (κ2) is 8.68. The number of ether oxygens (including phenoxy) is 1. The van der Waals surface area contributed by atoms with Gasteiger partial charge >= 0.3 is 0 Å². The van der Waals surface area contributed by atoms with Gasteiger partial charge in [-0.15, -0.1) is 0 Å². The van der Waals surface area contributed by atoms with Crippen LogP contribution in [0, 0.1) is 13.8 Å². The zero-order valence-corrected chi connectivity index (χ0v) is 17.3. The van der Waals surface area contributed by atoms with Gasteiger partial charge in [-0.2, -0.15) is 0 Å². The van der Waals surface area contributed by atoms with Crippen LogP contribution >= 0.6 is 11.6 Å². The monoisotopic (exact) mass is 409 g/mol. The molecular formula is C20H28ClN3O4. The normalized spacial score (nSPS) is 25.5. The summed E-state index contributed by atoms with van der Waals surface area (Å²) in [5.41, 5.74) is 1.80. The Morgan fingerprint density at radius 3 is 2.68 bits per heavy atom. The Morgan fingerprint density at radius 2 is 2.04 bits per heavy atom. The van der Waals surface area contributed by atoms with Crippen LogP contribution in [0.3, 0.4) is 0 Å². The van der Waals surface area contributed by atoms with Crippen LogP contribution in [-0.2, 0) is 9.59 Å². The molecule has 2 amide bonds. The molecule has 0 aromatic heterocycles. The van der Waals surface area contributed by atoms with Gasteiger partial charge in [0.05, 0.1) is 18.7 Å². The van der Waals surface area contributed by atoms with E-state index < -0.39 is 6.10 Å². The Morgan fingerprint density at radius 1 is 1.36 bits per heavy atom. The largest absolute Gasteiger partial charge is 0.484 e. The maximum Gasteiger partial charge on any atom is 0.260 e. The Labute approximate surface area is 170 Å². The topological polar surface area (TPSA) is 82.1 Å². The van der Waals surface area contributed by atoms with Crippen LogP contribution in [-0.4, -0.2) is 78.2 Å². The average molecular weight is 410 g/mol. The predicted octanol–water partition coefficient (Wildman–Crippen LogP) is 1.12. The Kier molecular flexibility index (Phi) is 6.47. The second-order valence-corrected chi connectivity index (χ2v) is 8.07. The summed E-state index contributed by atoms with van der Waals surface area (Å²) < 4.78 is 5.66. The number of carbonyl (C=O) groups excluding carboxylic acids is 2. The van der Waals surface area contributed by atoms with Crippen LogP contribution in [0.5, 0.6) is 5.75 Å². The first kappa shape index (κ1) is 20.9. The van der Waals surface area contributed by atoms with Crippen molar-refractivity contribution in [3.05, 3.63) is 28.3 Å². The standard InChI is InChI=1S/C20H28ClN3O4/c1-12-8-14(9-13(2)19(12)21)28-11-18(26)23(3)15-4-5-16(20(15)27)24-7-6-22-17(25)10-24/h8-9,15-16,20,27H,4-7,10-11H2,1-3H3,(H,22,25)/t15-,16-,20-/m1/s1. The molecular weight excluding hydrogens is 382 g/mol. The van der Waals surface area contributed by atoms with E-state index in [4.69, 9.17) is 16.3 Å². The highest BCUT2D eigenvalue weighted by molar-refractivity contribution is 6.32. The molecule has 0 spiro atoms. The number of aryl methyl sites for hydroxylation is 2. The predicted molar refractivity (Wildman–Crippen MR) is 107 cm³/mol. The molecule has 1 saturated heterocycles. The molecule has 1 heterocycles. The average Bonchev–Trinajstić information content (AvgIpc) is 3.04. The summed E-state index contributed by atoms with van der Waals surface area (Å²) in [5.74, 6) is 0.393. The Hall–Kier alpha value is -1.83. The van der Waals surface area contributed by atoms with Crippen molar-refractivity contribution < 1.29 is 19.4 Å². The van der Waals surface area contributed by atoms with E-state index in [-0.39, 0.29) is 30.5 Å². The number of nitrogens with zero attached hydrogens (tertiary/aromatic N) is 2. The molecule has 0 bridgehead atoms. The lowest BCUT2D eigenvalue weighted by molar-refractivity contribution is -0.137. The molecule has 3 atom stereocenters. The fourth-order valence-electron chi connectivity index (χ4n) is 4.12. The van der Waals surface area contributed by atoms with Crippen molar-refractivity contribution in [1.29, 1.82) is 0 Å². The number of aliphatic hydroxyl groups excluding tert-OH is 1. The Balaban J connectivity index is 1.57.